The minimum absolute atomic E-state index is 0.102. The zero-order valence-corrected chi connectivity index (χ0v) is 19.6. The lowest BCUT2D eigenvalue weighted by atomic mass is 9.81. The molecule has 1 aliphatic rings. The Bertz CT molecular complexity index is 657. The van der Waals surface area contributed by atoms with Crippen molar-refractivity contribution in [3.05, 3.63) is 35.9 Å². The highest BCUT2D eigenvalue weighted by Crippen LogP contribution is 2.27. The summed E-state index contributed by atoms with van der Waals surface area (Å²) >= 11 is 0. The average molecular weight is 432 g/mol. The molecule has 0 radical (unpaired) electrons. The van der Waals surface area contributed by atoms with E-state index in [1.54, 1.807) is 0 Å². The predicted octanol–water partition coefficient (Wildman–Crippen LogP) is 2.95. The third-order valence-corrected chi connectivity index (χ3v) is 6.11. The van der Waals surface area contributed by atoms with Crippen LogP contribution in [-0.2, 0) is 20.7 Å². The molecule has 0 saturated carbocycles. The van der Waals surface area contributed by atoms with Crippen molar-refractivity contribution < 1.29 is 14.3 Å². The molecule has 1 aromatic carbocycles. The lowest BCUT2D eigenvalue weighted by Gasteiger charge is -2.38. The van der Waals surface area contributed by atoms with Crippen molar-refractivity contribution >= 4 is 11.8 Å². The zero-order valence-electron chi connectivity index (χ0n) is 19.6. The normalized spacial score (nSPS) is 17.0. The van der Waals surface area contributed by atoms with Crippen LogP contribution in [0.5, 0.6) is 0 Å². The first-order chi connectivity index (χ1) is 14.9. The number of nitrogens with zero attached hydrogens (tertiary/aromatic N) is 2. The lowest BCUT2D eigenvalue weighted by molar-refractivity contribution is -0.143. The van der Waals surface area contributed by atoms with Crippen molar-refractivity contribution in [3.63, 3.8) is 0 Å². The number of primary amides is 1. The van der Waals surface area contributed by atoms with E-state index in [1.165, 1.54) is 5.56 Å². The summed E-state index contributed by atoms with van der Waals surface area (Å²) in [5, 5.41) is 0. The van der Waals surface area contributed by atoms with Gasteiger partial charge in [-0.2, -0.15) is 0 Å². The quantitative estimate of drug-likeness (QED) is 0.487. The van der Waals surface area contributed by atoms with Gasteiger partial charge in [0.15, 0.2) is 0 Å². The van der Waals surface area contributed by atoms with Gasteiger partial charge in [-0.05, 0) is 30.7 Å². The molecule has 2 atom stereocenters. The molecule has 1 saturated heterocycles. The summed E-state index contributed by atoms with van der Waals surface area (Å²) in [6.45, 7) is 11.6. The Labute approximate surface area is 188 Å². The molecule has 0 bridgehead atoms. The number of piperazine rings is 1. The molecular formula is C25H41N3O3. The molecule has 1 aromatic rings. The Morgan fingerprint density at radius 3 is 2.29 bits per heavy atom. The largest absolute Gasteiger partial charge is 0.380 e. The van der Waals surface area contributed by atoms with Crippen LogP contribution in [0.1, 0.15) is 45.6 Å². The van der Waals surface area contributed by atoms with Gasteiger partial charge in [-0.15, -0.1) is 0 Å². The van der Waals surface area contributed by atoms with E-state index < -0.39 is 0 Å². The molecule has 1 aliphatic heterocycles. The number of hydrogen-bond acceptors (Lipinski definition) is 4. The van der Waals surface area contributed by atoms with Gasteiger partial charge in [0, 0.05) is 44.6 Å². The molecule has 0 unspecified atom stereocenters. The summed E-state index contributed by atoms with van der Waals surface area (Å²) < 4.78 is 5.81. The van der Waals surface area contributed by atoms with E-state index in [0.29, 0.717) is 38.5 Å². The number of hydrogen-bond donors (Lipinski definition) is 1. The van der Waals surface area contributed by atoms with Crippen LogP contribution in [0.3, 0.4) is 0 Å². The fourth-order valence-electron chi connectivity index (χ4n) is 4.35. The Balaban J connectivity index is 1.76. The molecule has 6 heteroatoms. The Morgan fingerprint density at radius 1 is 1.03 bits per heavy atom. The molecular weight excluding hydrogens is 390 g/mol. The lowest BCUT2D eigenvalue weighted by Crippen LogP contribution is -2.52. The van der Waals surface area contributed by atoms with Crippen molar-refractivity contribution in [2.75, 3.05) is 45.9 Å². The van der Waals surface area contributed by atoms with Crippen LogP contribution in [-0.4, -0.2) is 67.6 Å². The topological polar surface area (TPSA) is 75.9 Å². The number of benzene rings is 1. The van der Waals surface area contributed by atoms with Crippen molar-refractivity contribution in [2.24, 2.45) is 23.5 Å². The van der Waals surface area contributed by atoms with Gasteiger partial charge in [0.2, 0.25) is 11.8 Å². The molecule has 2 N–H and O–H groups in total. The number of carbonyl (C=O) groups is 2. The summed E-state index contributed by atoms with van der Waals surface area (Å²) in [4.78, 5) is 29.6. The monoisotopic (exact) mass is 431 g/mol. The second-order valence-corrected chi connectivity index (χ2v) is 9.05. The fourth-order valence-corrected chi connectivity index (χ4v) is 4.35. The van der Waals surface area contributed by atoms with Crippen LogP contribution in [0.4, 0.5) is 0 Å². The third kappa shape index (κ3) is 8.62. The summed E-state index contributed by atoms with van der Waals surface area (Å²) in [7, 11) is 0. The van der Waals surface area contributed by atoms with Crippen LogP contribution >= 0.6 is 0 Å². The van der Waals surface area contributed by atoms with Crippen molar-refractivity contribution in [1.29, 1.82) is 0 Å². The molecule has 31 heavy (non-hydrogen) atoms. The maximum absolute atomic E-state index is 13.3. The van der Waals surface area contributed by atoms with Gasteiger partial charge < -0.3 is 15.4 Å². The highest BCUT2D eigenvalue weighted by molar-refractivity contribution is 5.87. The standard InChI is InChI=1S/C25H41N3O3/c1-4-8-22(24(26)29)23(19-20(2)3)25(30)28-14-12-27(13-15-28)16-18-31-17-11-21-9-6-5-7-10-21/h5-7,9-10,20,22-23H,4,8,11-19H2,1-3H3,(H2,26,29)/t22-,23+/m0/s1. The van der Waals surface area contributed by atoms with E-state index in [2.05, 4.69) is 43.0 Å². The highest BCUT2D eigenvalue weighted by atomic mass is 16.5. The molecule has 0 spiro atoms. The molecule has 174 valence electrons. The predicted molar refractivity (Wildman–Crippen MR) is 125 cm³/mol. The maximum Gasteiger partial charge on any atom is 0.226 e. The molecule has 1 heterocycles. The SMILES string of the molecule is CCC[C@H](C(N)=O)[C@@H](CC(C)C)C(=O)N1CCN(CCOCCc2ccccc2)CC1. The molecule has 0 aromatic heterocycles. The van der Waals surface area contributed by atoms with Crippen LogP contribution < -0.4 is 5.73 Å². The zero-order chi connectivity index (χ0) is 22.6. The van der Waals surface area contributed by atoms with Gasteiger partial charge in [-0.3, -0.25) is 14.5 Å². The first kappa shape index (κ1) is 25.3. The summed E-state index contributed by atoms with van der Waals surface area (Å²) in [5.74, 6) is -0.555. The smallest absolute Gasteiger partial charge is 0.226 e. The first-order valence-corrected chi connectivity index (χ1v) is 11.8. The minimum atomic E-state index is -0.365. The average Bonchev–Trinajstić information content (AvgIpc) is 2.76. The Morgan fingerprint density at radius 2 is 1.71 bits per heavy atom. The number of carbonyl (C=O) groups excluding carboxylic acids is 2. The fraction of sp³-hybridized carbons (Fsp3) is 0.680. The van der Waals surface area contributed by atoms with Gasteiger partial charge >= 0.3 is 0 Å². The molecule has 1 fully saturated rings. The minimum Gasteiger partial charge on any atom is -0.380 e. The number of ether oxygens (including phenoxy) is 1. The third-order valence-electron chi connectivity index (χ3n) is 6.11. The number of amides is 2. The van der Waals surface area contributed by atoms with E-state index in [9.17, 15) is 9.59 Å². The highest BCUT2D eigenvalue weighted by Gasteiger charge is 2.35. The molecule has 6 nitrogen and oxygen atoms in total. The number of nitrogens with two attached hydrogens (primary N) is 1. The van der Waals surface area contributed by atoms with Gasteiger partial charge in [0.1, 0.15) is 0 Å². The first-order valence-electron chi connectivity index (χ1n) is 11.8. The van der Waals surface area contributed by atoms with E-state index in [1.807, 2.05) is 17.9 Å². The summed E-state index contributed by atoms with van der Waals surface area (Å²) in [5.41, 5.74) is 6.97. The van der Waals surface area contributed by atoms with Crippen molar-refractivity contribution in [1.82, 2.24) is 9.80 Å². The van der Waals surface area contributed by atoms with Crippen LogP contribution in [0.25, 0.3) is 0 Å². The van der Waals surface area contributed by atoms with Crippen LogP contribution in [0.15, 0.2) is 30.3 Å². The van der Waals surface area contributed by atoms with E-state index in [4.69, 9.17) is 10.5 Å². The molecule has 0 aliphatic carbocycles. The van der Waals surface area contributed by atoms with Gasteiger partial charge in [-0.25, -0.2) is 0 Å². The Kier molecular flexibility index (Phi) is 11.0. The van der Waals surface area contributed by atoms with Crippen molar-refractivity contribution in [3.8, 4) is 0 Å². The summed E-state index contributed by atoms with van der Waals surface area (Å²) in [6.07, 6.45) is 3.17. The van der Waals surface area contributed by atoms with Gasteiger partial charge in [0.25, 0.3) is 0 Å². The molecule has 2 rings (SSSR count). The molecule has 2 amide bonds. The second-order valence-electron chi connectivity index (χ2n) is 9.05. The van der Waals surface area contributed by atoms with Gasteiger partial charge in [-0.1, -0.05) is 57.5 Å². The van der Waals surface area contributed by atoms with E-state index in [-0.39, 0.29) is 23.7 Å². The second kappa shape index (κ2) is 13.5. The van der Waals surface area contributed by atoms with E-state index >= 15 is 0 Å². The Hall–Kier alpha value is -1.92. The summed E-state index contributed by atoms with van der Waals surface area (Å²) in [6, 6.07) is 10.4. The van der Waals surface area contributed by atoms with Crippen LogP contribution in [0.2, 0.25) is 0 Å². The van der Waals surface area contributed by atoms with E-state index in [0.717, 1.165) is 39.1 Å². The van der Waals surface area contributed by atoms with Crippen LogP contribution in [0, 0.1) is 17.8 Å². The maximum atomic E-state index is 13.3. The number of rotatable bonds is 13. The van der Waals surface area contributed by atoms with Crippen molar-refractivity contribution in [2.45, 2.75) is 46.5 Å². The van der Waals surface area contributed by atoms with Gasteiger partial charge in [0.05, 0.1) is 13.2 Å².